The summed E-state index contributed by atoms with van der Waals surface area (Å²) in [7, 11) is 1.53. The summed E-state index contributed by atoms with van der Waals surface area (Å²) >= 11 is 1.17. The number of carboxylic acids is 1. The molecule has 3 heterocycles. The van der Waals surface area contributed by atoms with Gasteiger partial charge in [-0.05, 0) is 44.2 Å². The van der Waals surface area contributed by atoms with Gasteiger partial charge in [-0.25, -0.2) is 14.6 Å². The van der Waals surface area contributed by atoms with E-state index in [2.05, 4.69) is 4.99 Å². The first-order chi connectivity index (χ1) is 18.8. The van der Waals surface area contributed by atoms with Crippen molar-refractivity contribution < 1.29 is 28.6 Å². The van der Waals surface area contributed by atoms with Crippen LogP contribution in [0.1, 0.15) is 41.6 Å². The normalized spacial score (nSPS) is 15.1. The summed E-state index contributed by atoms with van der Waals surface area (Å²) in [4.78, 5) is 43.2. The number of ether oxygens (including phenoxy) is 2. The van der Waals surface area contributed by atoms with E-state index in [0.29, 0.717) is 43.4 Å². The number of carbonyl (C=O) groups is 2. The van der Waals surface area contributed by atoms with Crippen LogP contribution in [-0.4, -0.2) is 35.3 Å². The summed E-state index contributed by atoms with van der Waals surface area (Å²) < 4.78 is 18.7. The van der Waals surface area contributed by atoms with Crippen molar-refractivity contribution in [2.24, 2.45) is 4.99 Å². The van der Waals surface area contributed by atoms with E-state index in [9.17, 15) is 19.5 Å². The van der Waals surface area contributed by atoms with E-state index in [1.165, 1.54) is 35.1 Å². The predicted molar refractivity (Wildman–Crippen MR) is 144 cm³/mol. The van der Waals surface area contributed by atoms with Crippen LogP contribution < -0.4 is 19.6 Å². The van der Waals surface area contributed by atoms with Gasteiger partial charge in [0.05, 0.1) is 35.1 Å². The van der Waals surface area contributed by atoms with E-state index >= 15 is 0 Å². The molecular formula is C29H24N2O7S. The molecule has 0 radical (unpaired) electrons. The summed E-state index contributed by atoms with van der Waals surface area (Å²) in [5, 5.41) is 9.28. The van der Waals surface area contributed by atoms with E-state index in [1.807, 2.05) is 18.2 Å². The molecule has 1 N–H and O–H groups in total. The number of methoxy groups -OCH3 is 1. The third-order valence-corrected chi connectivity index (χ3v) is 7.23. The van der Waals surface area contributed by atoms with Gasteiger partial charge in [0.25, 0.3) is 5.56 Å². The highest BCUT2D eigenvalue weighted by molar-refractivity contribution is 7.07. The number of esters is 1. The molecule has 10 heteroatoms. The zero-order valence-corrected chi connectivity index (χ0v) is 22.2. The van der Waals surface area contributed by atoms with Gasteiger partial charge in [-0.3, -0.25) is 9.36 Å². The third kappa shape index (κ3) is 4.82. The van der Waals surface area contributed by atoms with Crippen molar-refractivity contribution >= 4 is 29.4 Å². The maximum Gasteiger partial charge on any atom is 0.338 e. The molecule has 1 aliphatic heterocycles. The molecule has 2 aromatic heterocycles. The molecule has 0 spiro atoms. The second-order valence-corrected chi connectivity index (χ2v) is 9.64. The molecule has 198 valence electrons. The predicted octanol–water partition coefficient (Wildman–Crippen LogP) is 3.77. The smallest absolute Gasteiger partial charge is 0.338 e. The Balaban J connectivity index is 1.64. The maximum absolute atomic E-state index is 13.8. The standard InChI is InChI=1S/C29H24N2O7S/c1-4-37-28(35)24-16(2)30-29-31(25(24)20-10-5-6-11-22(20)36-3)26(32)23(39-29)15-19-12-13-21(38-19)17-8-7-9-18(14-17)27(33)34/h5-15,25H,4H2,1-3H3,(H,33,34)/t25-/m1/s1. The quantitative estimate of drug-likeness (QED) is 0.352. The molecule has 39 heavy (non-hydrogen) atoms. The second kappa shape index (κ2) is 10.6. The van der Waals surface area contributed by atoms with Gasteiger partial charge < -0.3 is 19.0 Å². The van der Waals surface area contributed by atoms with E-state index in [0.717, 1.165) is 0 Å². The molecule has 0 amide bonds. The fraction of sp³-hybridized carbons (Fsp3) is 0.172. The van der Waals surface area contributed by atoms with Crippen LogP contribution in [0, 0.1) is 0 Å². The fourth-order valence-electron chi connectivity index (χ4n) is 4.50. The number of carbonyl (C=O) groups excluding carboxylic acids is 1. The van der Waals surface area contributed by atoms with Gasteiger partial charge in [-0.15, -0.1) is 0 Å². The molecule has 2 aromatic carbocycles. The van der Waals surface area contributed by atoms with Crippen molar-refractivity contribution in [2.45, 2.75) is 19.9 Å². The average Bonchev–Trinajstić information content (AvgIpc) is 3.52. The molecular weight excluding hydrogens is 520 g/mol. The Morgan fingerprint density at radius 2 is 1.95 bits per heavy atom. The highest BCUT2D eigenvalue weighted by Gasteiger charge is 2.35. The molecule has 0 unspecified atom stereocenters. The van der Waals surface area contributed by atoms with E-state index in [-0.39, 0.29) is 23.3 Å². The Labute approximate surface area is 226 Å². The first-order valence-electron chi connectivity index (χ1n) is 12.1. The zero-order valence-electron chi connectivity index (χ0n) is 21.3. The Morgan fingerprint density at radius 3 is 2.69 bits per heavy atom. The van der Waals surface area contributed by atoms with Gasteiger partial charge in [-0.2, -0.15) is 0 Å². The number of hydrogen-bond acceptors (Lipinski definition) is 8. The van der Waals surface area contributed by atoms with Crippen molar-refractivity contribution in [2.75, 3.05) is 13.7 Å². The molecule has 4 aromatic rings. The molecule has 5 rings (SSSR count). The van der Waals surface area contributed by atoms with Gasteiger partial charge in [0.1, 0.15) is 23.3 Å². The van der Waals surface area contributed by atoms with Crippen LogP contribution in [0.4, 0.5) is 0 Å². The maximum atomic E-state index is 13.8. The summed E-state index contributed by atoms with van der Waals surface area (Å²) in [5.41, 5.74) is 1.73. The highest BCUT2D eigenvalue weighted by atomic mass is 32.1. The molecule has 0 saturated heterocycles. The number of aromatic nitrogens is 1. The minimum atomic E-state index is -1.04. The molecule has 0 saturated carbocycles. The van der Waals surface area contributed by atoms with Crippen LogP contribution in [0.25, 0.3) is 17.4 Å². The molecule has 1 atom stereocenters. The monoisotopic (exact) mass is 544 g/mol. The number of nitrogens with zero attached hydrogens (tertiary/aromatic N) is 2. The molecule has 0 bridgehead atoms. The summed E-state index contributed by atoms with van der Waals surface area (Å²) in [6.45, 7) is 3.61. The van der Waals surface area contributed by atoms with Crippen LogP contribution in [0.15, 0.2) is 86.1 Å². The van der Waals surface area contributed by atoms with Gasteiger partial charge in [0, 0.05) is 17.2 Å². The highest BCUT2D eigenvalue weighted by Crippen LogP contribution is 2.35. The lowest BCUT2D eigenvalue weighted by atomic mass is 9.95. The molecule has 1 aliphatic rings. The largest absolute Gasteiger partial charge is 0.496 e. The number of thiazole rings is 1. The lowest BCUT2D eigenvalue weighted by molar-refractivity contribution is -0.139. The summed E-state index contributed by atoms with van der Waals surface area (Å²) in [6.07, 6.45) is 1.61. The summed E-state index contributed by atoms with van der Waals surface area (Å²) in [6, 6.07) is 16.2. The SMILES string of the molecule is CCOC(=O)C1=C(C)N=c2sc(=Cc3ccc(-c4cccc(C(=O)O)c4)o3)c(=O)n2[C@@H]1c1ccccc1OC. The van der Waals surface area contributed by atoms with Crippen LogP contribution in [-0.2, 0) is 9.53 Å². The third-order valence-electron chi connectivity index (χ3n) is 6.24. The van der Waals surface area contributed by atoms with Crippen molar-refractivity contribution in [3.63, 3.8) is 0 Å². The number of para-hydroxylation sites is 1. The van der Waals surface area contributed by atoms with Gasteiger partial charge in [0.2, 0.25) is 0 Å². The van der Waals surface area contributed by atoms with Crippen LogP contribution >= 0.6 is 11.3 Å². The molecule has 0 aliphatic carbocycles. The Bertz CT molecular complexity index is 1810. The summed E-state index contributed by atoms with van der Waals surface area (Å²) in [5.74, 6) is -0.196. The van der Waals surface area contributed by atoms with Crippen molar-refractivity contribution in [1.29, 1.82) is 0 Å². The Hall–Kier alpha value is -4.70. The molecule has 0 fully saturated rings. The molecule has 9 nitrogen and oxygen atoms in total. The van der Waals surface area contributed by atoms with Crippen LogP contribution in [0.5, 0.6) is 5.75 Å². The lowest BCUT2D eigenvalue weighted by Crippen LogP contribution is -2.40. The number of allylic oxidation sites excluding steroid dienone is 1. The number of furan rings is 1. The van der Waals surface area contributed by atoms with Gasteiger partial charge in [0.15, 0.2) is 4.80 Å². The van der Waals surface area contributed by atoms with Gasteiger partial charge >= 0.3 is 11.9 Å². The number of rotatable bonds is 7. The number of hydrogen-bond donors (Lipinski definition) is 1. The van der Waals surface area contributed by atoms with Crippen molar-refractivity contribution in [3.8, 4) is 17.1 Å². The second-order valence-electron chi connectivity index (χ2n) is 8.63. The number of carboxylic acid groups (broad SMARTS) is 1. The first kappa shape index (κ1) is 25.9. The van der Waals surface area contributed by atoms with Crippen molar-refractivity contribution in [3.05, 3.63) is 109 Å². The van der Waals surface area contributed by atoms with E-state index in [4.69, 9.17) is 13.9 Å². The minimum Gasteiger partial charge on any atom is -0.496 e. The van der Waals surface area contributed by atoms with E-state index in [1.54, 1.807) is 50.3 Å². The van der Waals surface area contributed by atoms with Crippen LogP contribution in [0.3, 0.4) is 0 Å². The van der Waals surface area contributed by atoms with Gasteiger partial charge in [-0.1, -0.05) is 41.7 Å². The number of benzene rings is 2. The van der Waals surface area contributed by atoms with Crippen LogP contribution in [0.2, 0.25) is 0 Å². The lowest BCUT2D eigenvalue weighted by Gasteiger charge is -2.25. The Kier molecular flexibility index (Phi) is 7.03. The zero-order chi connectivity index (χ0) is 27.7. The first-order valence-corrected chi connectivity index (χ1v) is 12.9. The Morgan fingerprint density at radius 1 is 1.15 bits per heavy atom. The topological polar surface area (TPSA) is 120 Å². The minimum absolute atomic E-state index is 0.142. The van der Waals surface area contributed by atoms with Crippen molar-refractivity contribution in [1.82, 2.24) is 4.57 Å². The average molecular weight is 545 g/mol. The van der Waals surface area contributed by atoms with E-state index < -0.39 is 18.0 Å². The number of aromatic carboxylic acids is 1. The number of fused-ring (bicyclic) bond motifs is 1. The fourth-order valence-corrected chi connectivity index (χ4v) is 5.53.